The van der Waals surface area contributed by atoms with Crippen LogP contribution in [0.25, 0.3) is 0 Å². The van der Waals surface area contributed by atoms with Crippen molar-refractivity contribution >= 4 is 5.91 Å². The second-order valence-corrected chi connectivity index (χ2v) is 7.59. The first-order valence-electron chi connectivity index (χ1n) is 8.67. The van der Waals surface area contributed by atoms with Gasteiger partial charge in [0.15, 0.2) is 0 Å². The Balaban J connectivity index is 1.47. The lowest BCUT2D eigenvalue weighted by molar-refractivity contribution is -0.127. The third-order valence-electron chi connectivity index (χ3n) is 6.36. The number of hydrogen-bond donors (Lipinski definition) is 2. The fourth-order valence-corrected chi connectivity index (χ4v) is 5.02. The topological polar surface area (TPSA) is 55.1 Å². The highest BCUT2D eigenvalue weighted by Gasteiger charge is 2.42. The number of amides is 1. The van der Waals surface area contributed by atoms with Crippen LogP contribution in [0.15, 0.2) is 0 Å². The summed E-state index contributed by atoms with van der Waals surface area (Å²) in [5, 5.41) is 3.34. The van der Waals surface area contributed by atoms with Crippen molar-refractivity contribution in [1.82, 2.24) is 5.32 Å². The molecule has 1 amide bonds. The van der Waals surface area contributed by atoms with Crippen LogP contribution in [0.3, 0.4) is 0 Å². The minimum Gasteiger partial charge on any atom is -0.353 e. The van der Waals surface area contributed by atoms with Gasteiger partial charge in [0.1, 0.15) is 0 Å². The van der Waals surface area contributed by atoms with Crippen LogP contribution in [-0.2, 0) is 4.79 Å². The summed E-state index contributed by atoms with van der Waals surface area (Å²) >= 11 is 0. The minimum atomic E-state index is 0.249. The first kappa shape index (κ1) is 14.4. The Labute approximate surface area is 123 Å². The van der Waals surface area contributed by atoms with Gasteiger partial charge in [0.05, 0.1) is 0 Å². The molecule has 114 valence electrons. The van der Waals surface area contributed by atoms with Crippen LogP contribution in [-0.4, -0.2) is 18.5 Å². The average molecular weight is 278 g/mol. The Morgan fingerprint density at radius 1 is 1.15 bits per heavy atom. The number of hydrogen-bond acceptors (Lipinski definition) is 2. The van der Waals surface area contributed by atoms with Crippen molar-refractivity contribution in [2.75, 3.05) is 6.54 Å². The van der Waals surface area contributed by atoms with Crippen molar-refractivity contribution in [3.8, 4) is 0 Å². The molecule has 0 radical (unpaired) electrons. The zero-order valence-corrected chi connectivity index (χ0v) is 12.8. The van der Waals surface area contributed by atoms with Gasteiger partial charge in [0.2, 0.25) is 5.91 Å². The molecule has 0 aromatic carbocycles. The quantitative estimate of drug-likeness (QED) is 0.830. The number of carbonyl (C=O) groups is 1. The van der Waals surface area contributed by atoms with E-state index in [-0.39, 0.29) is 5.92 Å². The van der Waals surface area contributed by atoms with Crippen LogP contribution in [0.4, 0.5) is 0 Å². The van der Waals surface area contributed by atoms with Gasteiger partial charge in [-0.15, -0.1) is 0 Å². The monoisotopic (exact) mass is 278 g/mol. The van der Waals surface area contributed by atoms with E-state index < -0.39 is 0 Å². The van der Waals surface area contributed by atoms with Crippen LogP contribution in [0.5, 0.6) is 0 Å². The molecule has 3 heteroatoms. The third-order valence-corrected chi connectivity index (χ3v) is 6.36. The minimum absolute atomic E-state index is 0.249. The van der Waals surface area contributed by atoms with E-state index in [4.69, 9.17) is 5.73 Å². The Morgan fingerprint density at radius 2 is 1.90 bits per heavy atom. The summed E-state index contributed by atoms with van der Waals surface area (Å²) in [6.07, 6.45) is 9.96. The third kappa shape index (κ3) is 2.88. The number of fused-ring (bicyclic) bond motifs is 2. The van der Waals surface area contributed by atoms with Gasteiger partial charge in [0, 0.05) is 12.0 Å². The van der Waals surface area contributed by atoms with Crippen molar-refractivity contribution in [2.45, 2.75) is 64.3 Å². The van der Waals surface area contributed by atoms with E-state index in [2.05, 4.69) is 12.2 Å². The summed E-state index contributed by atoms with van der Waals surface area (Å²) in [4.78, 5) is 12.4. The molecule has 3 fully saturated rings. The molecule has 3 aliphatic carbocycles. The van der Waals surface area contributed by atoms with Gasteiger partial charge < -0.3 is 11.1 Å². The predicted octanol–water partition coefficient (Wildman–Crippen LogP) is 2.69. The van der Waals surface area contributed by atoms with Crippen LogP contribution in [0.1, 0.15) is 58.3 Å². The van der Waals surface area contributed by atoms with Gasteiger partial charge in [0.25, 0.3) is 0 Å². The summed E-state index contributed by atoms with van der Waals surface area (Å²) < 4.78 is 0. The van der Waals surface area contributed by atoms with E-state index in [1.807, 2.05) is 0 Å². The largest absolute Gasteiger partial charge is 0.353 e. The van der Waals surface area contributed by atoms with Gasteiger partial charge in [-0.2, -0.15) is 0 Å². The molecule has 0 aromatic rings. The smallest absolute Gasteiger partial charge is 0.223 e. The molecule has 0 saturated heterocycles. The number of nitrogens with two attached hydrogens (primary N) is 1. The second-order valence-electron chi connectivity index (χ2n) is 7.59. The molecule has 20 heavy (non-hydrogen) atoms. The zero-order chi connectivity index (χ0) is 14.1. The Hall–Kier alpha value is -0.570. The van der Waals surface area contributed by atoms with E-state index in [1.165, 1.54) is 25.7 Å². The van der Waals surface area contributed by atoms with Crippen LogP contribution < -0.4 is 11.1 Å². The molecule has 3 aliphatic rings. The van der Waals surface area contributed by atoms with Gasteiger partial charge in [-0.1, -0.05) is 6.42 Å². The van der Waals surface area contributed by atoms with E-state index in [9.17, 15) is 4.79 Å². The van der Waals surface area contributed by atoms with E-state index in [1.54, 1.807) is 0 Å². The van der Waals surface area contributed by atoms with Crippen LogP contribution >= 0.6 is 0 Å². The Kier molecular flexibility index (Phi) is 4.34. The molecule has 4 atom stereocenters. The molecule has 3 saturated carbocycles. The molecule has 3 rings (SSSR count). The Morgan fingerprint density at radius 3 is 2.45 bits per heavy atom. The van der Waals surface area contributed by atoms with Crippen molar-refractivity contribution in [1.29, 1.82) is 0 Å². The van der Waals surface area contributed by atoms with Crippen molar-refractivity contribution in [3.63, 3.8) is 0 Å². The SMILES string of the molecule is CC(NC(=O)C1CCC(CN)CC1)C1CC2CCC1C2. The standard InChI is InChI=1S/C17H30N2O/c1-11(16-9-13-4-7-15(16)8-13)19-17(20)14-5-2-12(10-18)3-6-14/h11-16H,2-10,18H2,1H3,(H,19,20). The van der Waals surface area contributed by atoms with Crippen LogP contribution in [0.2, 0.25) is 0 Å². The Bertz CT molecular complexity index is 349. The van der Waals surface area contributed by atoms with E-state index in [0.29, 0.717) is 17.9 Å². The predicted molar refractivity (Wildman–Crippen MR) is 81.0 cm³/mol. The molecular weight excluding hydrogens is 248 g/mol. The normalized spacial score (nSPS) is 41.6. The number of rotatable bonds is 4. The second kappa shape index (κ2) is 6.05. The van der Waals surface area contributed by atoms with Crippen molar-refractivity contribution in [2.24, 2.45) is 35.3 Å². The lowest BCUT2D eigenvalue weighted by Gasteiger charge is -2.32. The molecule has 2 bridgehead atoms. The number of carbonyl (C=O) groups excluding carboxylic acids is 1. The average Bonchev–Trinajstić information content (AvgIpc) is 3.10. The first-order valence-corrected chi connectivity index (χ1v) is 8.67. The maximum Gasteiger partial charge on any atom is 0.223 e. The van der Waals surface area contributed by atoms with Crippen LogP contribution in [0, 0.1) is 29.6 Å². The molecule has 3 nitrogen and oxygen atoms in total. The molecule has 0 aromatic heterocycles. The maximum absolute atomic E-state index is 12.4. The fourth-order valence-electron chi connectivity index (χ4n) is 5.02. The van der Waals surface area contributed by atoms with Crippen molar-refractivity contribution < 1.29 is 4.79 Å². The zero-order valence-electron chi connectivity index (χ0n) is 12.8. The highest BCUT2D eigenvalue weighted by Crippen LogP contribution is 2.49. The van der Waals surface area contributed by atoms with Gasteiger partial charge in [-0.05, 0) is 82.1 Å². The number of nitrogens with one attached hydrogen (secondary N) is 1. The molecule has 0 aliphatic heterocycles. The molecule has 4 unspecified atom stereocenters. The fraction of sp³-hybridized carbons (Fsp3) is 0.941. The van der Waals surface area contributed by atoms with Gasteiger partial charge in [-0.3, -0.25) is 4.79 Å². The highest BCUT2D eigenvalue weighted by atomic mass is 16.1. The molecule has 3 N–H and O–H groups in total. The summed E-state index contributed by atoms with van der Waals surface area (Å²) in [5.41, 5.74) is 5.72. The highest BCUT2D eigenvalue weighted by molar-refractivity contribution is 5.79. The molecular formula is C17H30N2O. The lowest BCUT2D eigenvalue weighted by Crippen LogP contribution is -2.43. The molecule has 0 spiro atoms. The summed E-state index contributed by atoms with van der Waals surface area (Å²) in [6, 6.07) is 0.380. The van der Waals surface area contributed by atoms with Gasteiger partial charge >= 0.3 is 0 Å². The summed E-state index contributed by atoms with van der Waals surface area (Å²) in [6.45, 7) is 3.02. The van der Waals surface area contributed by atoms with E-state index >= 15 is 0 Å². The summed E-state index contributed by atoms with van der Waals surface area (Å²) in [7, 11) is 0. The molecule has 0 heterocycles. The van der Waals surface area contributed by atoms with Crippen molar-refractivity contribution in [3.05, 3.63) is 0 Å². The van der Waals surface area contributed by atoms with E-state index in [0.717, 1.165) is 50.0 Å². The maximum atomic E-state index is 12.4. The first-order chi connectivity index (χ1) is 9.67. The summed E-state index contributed by atoms with van der Waals surface area (Å²) in [5.74, 6) is 3.82. The lowest BCUT2D eigenvalue weighted by atomic mass is 9.80. The van der Waals surface area contributed by atoms with Gasteiger partial charge in [-0.25, -0.2) is 0 Å².